The Kier molecular flexibility index (Phi) is 5.27. The van der Waals surface area contributed by atoms with E-state index in [1.54, 1.807) is 15.9 Å². The summed E-state index contributed by atoms with van der Waals surface area (Å²) in [4.78, 5) is 20.6. The number of nitrogens with one attached hydrogen (secondary N) is 1. The summed E-state index contributed by atoms with van der Waals surface area (Å²) in [5.41, 5.74) is 1.98. The fourth-order valence-corrected chi connectivity index (χ4v) is 5.01. The van der Waals surface area contributed by atoms with E-state index < -0.39 is 0 Å². The van der Waals surface area contributed by atoms with E-state index >= 15 is 0 Å². The second-order valence-corrected chi connectivity index (χ2v) is 8.17. The van der Waals surface area contributed by atoms with Gasteiger partial charge in [-0.05, 0) is 49.8 Å². The highest BCUT2D eigenvalue weighted by atomic mass is 32.1. The summed E-state index contributed by atoms with van der Waals surface area (Å²) in [6, 6.07) is 9.49. The highest BCUT2D eigenvalue weighted by Gasteiger charge is 2.22. The van der Waals surface area contributed by atoms with Crippen molar-refractivity contribution in [3.8, 4) is 5.69 Å². The number of thiophene rings is 1. The van der Waals surface area contributed by atoms with Crippen LogP contribution in [0.1, 0.15) is 43.0 Å². The van der Waals surface area contributed by atoms with Gasteiger partial charge in [0.25, 0.3) is 5.56 Å². The minimum atomic E-state index is -0.137. The molecule has 0 bridgehead atoms. The molecule has 142 valence electrons. The SMILES string of the molecule is CC[C@H](CO)Nc1nc2sc3c(c2c(=O)n1-c1ccccc1)CCCCC3. The monoisotopic (exact) mass is 383 g/mol. The molecule has 2 aromatic heterocycles. The normalized spacial score (nSPS) is 15.3. The zero-order valence-electron chi connectivity index (χ0n) is 15.6. The topological polar surface area (TPSA) is 67.2 Å². The molecule has 1 aromatic carbocycles. The van der Waals surface area contributed by atoms with Gasteiger partial charge in [-0.1, -0.05) is 31.5 Å². The fraction of sp³-hybridized carbons (Fsp3) is 0.429. The molecule has 0 radical (unpaired) electrons. The number of fused-ring (bicyclic) bond motifs is 3. The Labute approximate surface area is 162 Å². The van der Waals surface area contributed by atoms with Gasteiger partial charge in [0, 0.05) is 4.88 Å². The molecule has 0 fully saturated rings. The predicted octanol–water partition coefficient (Wildman–Crippen LogP) is 3.90. The predicted molar refractivity (Wildman–Crippen MR) is 111 cm³/mol. The number of nitrogens with zero attached hydrogens (tertiary/aromatic N) is 2. The lowest BCUT2D eigenvalue weighted by molar-refractivity contribution is 0.271. The Bertz CT molecular complexity index is 990. The number of hydrogen-bond donors (Lipinski definition) is 2. The first kappa shape index (κ1) is 18.2. The van der Waals surface area contributed by atoms with E-state index in [0.29, 0.717) is 5.95 Å². The standard InChI is InChI=1S/C21H25N3O2S/c1-2-14(13-25)22-21-23-19-18(16-11-7-4-8-12-17(16)27-19)20(26)24(21)15-9-5-3-6-10-15/h3,5-6,9-10,14,25H,2,4,7-8,11-13H2,1H3,(H,22,23)/t14-/m1/s1. The molecule has 4 rings (SSSR count). The number of aromatic nitrogens is 2. The highest BCUT2D eigenvalue weighted by Crippen LogP contribution is 2.34. The van der Waals surface area contributed by atoms with Gasteiger partial charge < -0.3 is 10.4 Å². The maximum Gasteiger partial charge on any atom is 0.268 e. The number of aryl methyl sites for hydroxylation is 2. The third kappa shape index (κ3) is 3.39. The van der Waals surface area contributed by atoms with Crippen LogP contribution < -0.4 is 10.9 Å². The van der Waals surface area contributed by atoms with Crippen molar-refractivity contribution in [2.24, 2.45) is 0 Å². The van der Waals surface area contributed by atoms with Crippen LogP contribution in [0.25, 0.3) is 15.9 Å². The molecular weight excluding hydrogens is 358 g/mol. The molecule has 0 unspecified atom stereocenters. The van der Waals surface area contributed by atoms with Crippen molar-refractivity contribution in [2.45, 2.75) is 51.5 Å². The summed E-state index contributed by atoms with van der Waals surface area (Å²) < 4.78 is 1.67. The highest BCUT2D eigenvalue weighted by molar-refractivity contribution is 7.18. The van der Waals surface area contributed by atoms with Crippen LogP contribution in [-0.4, -0.2) is 27.3 Å². The summed E-state index contributed by atoms with van der Waals surface area (Å²) in [6.45, 7) is 2.00. The Hall–Kier alpha value is -2.18. The van der Waals surface area contributed by atoms with Gasteiger partial charge >= 0.3 is 0 Å². The maximum atomic E-state index is 13.6. The van der Waals surface area contributed by atoms with Gasteiger partial charge in [0.15, 0.2) is 0 Å². The number of para-hydroxylation sites is 1. The molecule has 3 aromatic rings. The quantitative estimate of drug-likeness (QED) is 0.656. The first-order chi connectivity index (χ1) is 13.2. The molecule has 0 amide bonds. The Morgan fingerprint density at radius 2 is 2.00 bits per heavy atom. The molecular formula is C21H25N3O2S. The van der Waals surface area contributed by atoms with Crippen molar-refractivity contribution in [2.75, 3.05) is 11.9 Å². The van der Waals surface area contributed by atoms with E-state index in [1.165, 1.54) is 23.3 Å². The molecule has 0 spiro atoms. The summed E-state index contributed by atoms with van der Waals surface area (Å²) >= 11 is 1.66. The smallest absolute Gasteiger partial charge is 0.268 e. The van der Waals surface area contributed by atoms with Crippen LogP contribution in [0.5, 0.6) is 0 Å². The molecule has 2 heterocycles. The minimum Gasteiger partial charge on any atom is -0.394 e. The largest absolute Gasteiger partial charge is 0.394 e. The van der Waals surface area contributed by atoms with Crippen LogP contribution in [-0.2, 0) is 12.8 Å². The zero-order chi connectivity index (χ0) is 18.8. The number of hydrogen-bond acceptors (Lipinski definition) is 5. The van der Waals surface area contributed by atoms with E-state index in [0.717, 1.165) is 41.6 Å². The third-order valence-corrected chi connectivity index (χ3v) is 6.49. The van der Waals surface area contributed by atoms with Gasteiger partial charge in [0.05, 0.1) is 23.7 Å². The van der Waals surface area contributed by atoms with E-state index in [1.807, 2.05) is 37.3 Å². The minimum absolute atomic E-state index is 0.000137. The van der Waals surface area contributed by atoms with Crippen LogP contribution in [0.15, 0.2) is 35.1 Å². The molecule has 27 heavy (non-hydrogen) atoms. The third-order valence-electron chi connectivity index (χ3n) is 5.30. The first-order valence-electron chi connectivity index (χ1n) is 9.73. The Balaban J connectivity index is 1.96. The van der Waals surface area contributed by atoms with E-state index in [9.17, 15) is 9.90 Å². The van der Waals surface area contributed by atoms with Crippen LogP contribution >= 0.6 is 11.3 Å². The van der Waals surface area contributed by atoms with Crippen molar-refractivity contribution in [3.63, 3.8) is 0 Å². The van der Waals surface area contributed by atoms with Crippen LogP contribution in [0.3, 0.4) is 0 Å². The Morgan fingerprint density at radius 1 is 1.22 bits per heavy atom. The lowest BCUT2D eigenvalue weighted by atomic mass is 10.1. The van der Waals surface area contributed by atoms with Crippen molar-refractivity contribution in [1.82, 2.24) is 9.55 Å². The molecule has 1 atom stereocenters. The molecule has 2 N–H and O–H groups in total. The number of anilines is 1. The number of benzene rings is 1. The van der Waals surface area contributed by atoms with Gasteiger partial charge in [-0.3, -0.25) is 4.79 Å². The molecule has 1 aliphatic rings. The van der Waals surface area contributed by atoms with Gasteiger partial charge in [0.2, 0.25) is 5.95 Å². The lowest BCUT2D eigenvalue weighted by Gasteiger charge is -2.19. The van der Waals surface area contributed by atoms with Gasteiger partial charge in [-0.15, -0.1) is 11.3 Å². The van der Waals surface area contributed by atoms with E-state index in [4.69, 9.17) is 4.98 Å². The fourth-order valence-electron chi connectivity index (χ4n) is 3.75. The summed E-state index contributed by atoms with van der Waals surface area (Å²) in [7, 11) is 0. The molecule has 6 heteroatoms. The van der Waals surface area contributed by atoms with Crippen LogP contribution in [0.2, 0.25) is 0 Å². The van der Waals surface area contributed by atoms with Crippen LogP contribution in [0.4, 0.5) is 5.95 Å². The summed E-state index contributed by atoms with van der Waals surface area (Å²) in [5.74, 6) is 0.510. The molecule has 0 aliphatic heterocycles. The lowest BCUT2D eigenvalue weighted by Crippen LogP contribution is -2.30. The second-order valence-electron chi connectivity index (χ2n) is 7.09. The van der Waals surface area contributed by atoms with Crippen molar-refractivity contribution in [3.05, 3.63) is 51.1 Å². The van der Waals surface area contributed by atoms with E-state index in [2.05, 4.69) is 5.32 Å². The average molecular weight is 384 g/mol. The molecule has 1 aliphatic carbocycles. The zero-order valence-corrected chi connectivity index (χ0v) is 16.4. The number of aliphatic hydroxyl groups is 1. The Morgan fingerprint density at radius 3 is 2.74 bits per heavy atom. The number of aliphatic hydroxyl groups excluding tert-OH is 1. The van der Waals surface area contributed by atoms with Crippen LogP contribution in [0, 0.1) is 0 Å². The first-order valence-corrected chi connectivity index (χ1v) is 10.5. The molecule has 5 nitrogen and oxygen atoms in total. The summed E-state index contributed by atoms with van der Waals surface area (Å²) in [5, 5.41) is 13.7. The average Bonchev–Trinajstić information content (AvgIpc) is 2.88. The van der Waals surface area contributed by atoms with Gasteiger partial charge in [-0.2, -0.15) is 0 Å². The van der Waals surface area contributed by atoms with E-state index in [-0.39, 0.29) is 18.2 Å². The van der Waals surface area contributed by atoms with Crippen molar-refractivity contribution >= 4 is 27.5 Å². The second kappa shape index (κ2) is 7.82. The number of rotatable bonds is 5. The molecule has 0 saturated heterocycles. The van der Waals surface area contributed by atoms with Gasteiger partial charge in [-0.25, -0.2) is 9.55 Å². The van der Waals surface area contributed by atoms with Crippen molar-refractivity contribution < 1.29 is 5.11 Å². The molecule has 0 saturated carbocycles. The maximum absolute atomic E-state index is 13.6. The summed E-state index contributed by atoms with van der Waals surface area (Å²) in [6.07, 6.45) is 6.28. The van der Waals surface area contributed by atoms with Gasteiger partial charge in [0.1, 0.15) is 4.83 Å². The van der Waals surface area contributed by atoms with Crippen molar-refractivity contribution in [1.29, 1.82) is 0 Å².